The van der Waals surface area contributed by atoms with E-state index in [0.29, 0.717) is 0 Å². The zero-order valence-electron chi connectivity index (χ0n) is 17.3. The first-order valence-electron chi connectivity index (χ1n) is 9.85. The summed E-state index contributed by atoms with van der Waals surface area (Å²) in [5.41, 5.74) is 9.24. The van der Waals surface area contributed by atoms with Gasteiger partial charge in [0.1, 0.15) is 5.76 Å². The topological polar surface area (TPSA) is 16.4 Å². The van der Waals surface area contributed by atoms with Crippen LogP contribution in [0.5, 0.6) is 0 Å². The molecule has 0 fully saturated rings. The van der Waals surface area contributed by atoms with Gasteiger partial charge in [-0.15, -0.1) is 0 Å². The fraction of sp³-hybridized carbons (Fsp3) is 0.360. The second-order valence-corrected chi connectivity index (χ2v) is 8.86. The van der Waals surface area contributed by atoms with Crippen LogP contribution in [0.25, 0.3) is 0 Å². The monoisotopic (exact) mass is 359 g/mol. The highest BCUT2D eigenvalue weighted by Gasteiger charge is 2.28. The summed E-state index contributed by atoms with van der Waals surface area (Å²) in [5, 5.41) is 0. The Morgan fingerprint density at radius 2 is 1.48 bits per heavy atom. The van der Waals surface area contributed by atoms with Crippen molar-refractivity contribution in [2.45, 2.75) is 59.8 Å². The Kier molecular flexibility index (Phi) is 4.18. The van der Waals surface area contributed by atoms with E-state index in [4.69, 9.17) is 4.42 Å². The van der Waals surface area contributed by atoms with Gasteiger partial charge in [0.25, 0.3) is 0 Å². The Balaban J connectivity index is 1.99. The van der Waals surface area contributed by atoms with Crippen molar-refractivity contribution in [1.82, 2.24) is 0 Å². The summed E-state index contributed by atoms with van der Waals surface area (Å²) < 4.78 is 6.24. The molecule has 140 valence electrons. The van der Waals surface area contributed by atoms with Crippen LogP contribution in [0.4, 0.5) is 17.3 Å². The average molecular weight is 360 g/mol. The molecule has 2 heteroatoms. The molecule has 0 N–H and O–H groups in total. The fourth-order valence-electron chi connectivity index (χ4n) is 4.21. The number of furan rings is 1. The second-order valence-electron chi connectivity index (χ2n) is 8.86. The number of rotatable bonds is 1. The van der Waals surface area contributed by atoms with Gasteiger partial charge < -0.3 is 4.42 Å². The van der Waals surface area contributed by atoms with E-state index in [1.54, 1.807) is 0 Å². The minimum Gasteiger partial charge on any atom is -0.445 e. The van der Waals surface area contributed by atoms with Gasteiger partial charge >= 0.3 is 0 Å². The lowest BCUT2D eigenvalue weighted by Gasteiger charge is -2.29. The molecule has 4 rings (SSSR count). The Morgan fingerprint density at radius 1 is 0.852 bits per heavy atom. The maximum absolute atomic E-state index is 6.24. The molecule has 1 aliphatic rings. The molecule has 2 aromatic carbocycles. The summed E-state index contributed by atoms with van der Waals surface area (Å²) in [5.74, 6) is 1.96. The SMILES string of the molecule is Cc1cc2c(o1)N(c1c(C)cc(C(C)(C)C)cc1C)c1ccccc1CC2. The zero-order valence-corrected chi connectivity index (χ0v) is 17.3. The molecular weight excluding hydrogens is 330 g/mol. The van der Waals surface area contributed by atoms with Gasteiger partial charge in [-0.05, 0) is 73.4 Å². The standard InChI is InChI=1S/C25H29NO/c1-16-13-21(25(4,5)6)14-17(2)23(16)26-22-10-8-7-9-19(22)11-12-20-15-18(3)27-24(20)26/h7-10,13-15H,11-12H2,1-6H3. The summed E-state index contributed by atoms with van der Waals surface area (Å²) in [4.78, 5) is 2.35. The van der Waals surface area contributed by atoms with Crippen LogP contribution in [0.15, 0.2) is 46.9 Å². The predicted octanol–water partition coefficient (Wildman–Crippen LogP) is 7.07. The Morgan fingerprint density at radius 3 is 2.15 bits per heavy atom. The summed E-state index contributed by atoms with van der Waals surface area (Å²) >= 11 is 0. The van der Waals surface area contributed by atoms with E-state index in [-0.39, 0.29) is 5.41 Å². The van der Waals surface area contributed by atoms with Crippen LogP contribution in [0.3, 0.4) is 0 Å². The molecule has 2 heterocycles. The van der Waals surface area contributed by atoms with Crippen molar-refractivity contribution in [1.29, 1.82) is 0 Å². The number of benzene rings is 2. The molecule has 0 radical (unpaired) electrons. The van der Waals surface area contributed by atoms with Crippen LogP contribution < -0.4 is 4.90 Å². The molecule has 0 amide bonds. The number of hydrogen-bond acceptors (Lipinski definition) is 2. The van der Waals surface area contributed by atoms with Gasteiger partial charge in [0.05, 0.1) is 11.4 Å². The summed E-state index contributed by atoms with van der Waals surface area (Å²) in [7, 11) is 0. The number of anilines is 3. The predicted molar refractivity (Wildman–Crippen MR) is 114 cm³/mol. The lowest BCUT2D eigenvalue weighted by atomic mass is 9.84. The third kappa shape index (κ3) is 3.07. The van der Waals surface area contributed by atoms with Crippen molar-refractivity contribution >= 4 is 17.3 Å². The molecular formula is C25H29NO. The Bertz CT molecular complexity index is 980. The molecule has 0 atom stereocenters. The number of aryl methyl sites for hydroxylation is 5. The average Bonchev–Trinajstić information content (AvgIpc) is 2.89. The maximum Gasteiger partial charge on any atom is 0.207 e. The van der Waals surface area contributed by atoms with Crippen LogP contribution >= 0.6 is 0 Å². The molecule has 0 unspecified atom stereocenters. The molecule has 0 saturated carbocycles. The third-order valence-electron chi connectivity index (χ3n) is 5.59. The minimum absolute atomic E-state index is 0.136. The smallest absolute Gasteiger partial charge is 0.207 e. The van der Waals surface area contributed by atoms with E-state index in [1.165, 1.54) is 39.2 Å². The van der Waals surface area contributed by atoms with Crippen LogP contribution in [0, 0.1) is 20.8 Å². The maximum atomic E-state index is 6.24. The van der Waals surface area contributed by atoms with Gasteiger partial charge in [-0.25, -0.2) is 0 Å². The van der Waals surface area contributed by atoms with Crippen molar-refractivity contribution in [2.24, 2.45) is 0 Å². The van der Waals surface area contributed by atoms with Crippen molar-refractivity contribution in [3.8, 4) is 0 Å². The van der Waals surface area contributed by atoms with Gasteiger partial charge in [0, 0.05) is 5.56 Å². The largest absolute Gasteiger partial charge is 0.445 e. The van der Waals surface area contributed by atoms with Crippen molar-refractivity contribution in [3.63, 3.8) is 0 Å². The highest BCUT2D eigenvalue weighted by Crippen LogP contribution is 2.46. The molecule has 27 heavy (non-hydrogen) atoms. The van der Waals surface area contributed by atoms with Gasteiger partial charge in [-0.2, -0.15) is 0 Å². The van der Waals surface area contributed by atoms with Gasteiger partial charge in [-0.1, -0.05) is 51.1 Å². The number of hydrogen-bond donors (Lipinski definition) is 0. The highest BCUT2D eigenvalue weighted by molar-refractivity contribution is 5.82. The second kappa shape index (κ2) is 6.30. The molecule has 1 aromatic heterocycles. The zero-order chi connectivity index (χ0) is 19.3. The highest BCUT2D eigenvalue weighted by atomic mass is 16.4. The van der Waals surface area contributed by atoms with E-state index < -0.39 is 0 Å². The number of para-hydroxylation sites is 1. The molecule has 0 saturated heterocycles. The van der Waals surface area contributed by atoms with Gasteiger partial charge in [0.15, 0.2) is 0 Å². The van der Waals surface area contributed by atoms with E-state index >= 15 is 0 Å². The van der Waals surface area contributed by atoms with E-state index in [1.807, 2.05) is 6.92 Å². The van der Waals surface area contributed by atoms with Crippen molar-refractivity contribution in [3.05, 3.63) is 76.0 Å². The summed E-state index contributed by atoms with van der Waals surface area (Å²) in [6.45, 7) is 13.3. The first-order valence-corrected chi connectivity index (χ1v) is 9.85. The quantitative estimate of drug-likeness (QED) is 0.462. The fourth-order valence-corrected chi connectivity index (χ4v) is 4.21. The number of fused-ring (bicyclic) bond motifs is 2. The van der Waals surface area contributed by atoms with E-state index in [9.17, 15) is 0 Å². The molecule has 1 aliphatic heterocycles. The molecule has 0 bridgehead atoms. The van der Waals surface area contributed by atoms with Gasteiger partial charge in [-0.3, -0.25) is 4.90 Å². The first kappa shape index (κ1) is 17.9. The Hall–Kier alpha value is -2.48. The first-order chi connectivity index (χ1) is 12.8. The lowest BCUT2D eigenvalue weighted by Crippen LogP contribution is -2.16. The van der Waals surface area contributed by atoms with Crippen LogP contribution in [0.2, 0.25) is 0 Å². The third-order valence-corrected chi connectivity index (χ3v) is 5.59. The van der Waals surface area contributed by atoms with Crippen LogP contribution in [-0.4, -0.2) is 0 Å². The minimum atomic E-state index is 0.136. The van der Waals surface area contributed by atoms with Crippen molar-refractivity contribution < 1.29 is 4.42 Å². The normalized spacial score (nSPS) is 13.9. The van der Waals surface area contributed by atoms with Crippen LogP contribution in [0.1, 0.15) is 54.3 Å². The van der Waals surface area contributed by atoms with Gasteiger partial charge in [0.2, 0.25) is 5.88 Å². The number of nitrogens with zero attached hydrogens (tertiary/aromatic N) is 1. The summed E-state index contributed by atoms with van der Waals surface area (Å²) in [6.07, 6.45) is 2.05. The molecule has 0 aliphatic carbocycles. The Labute approximate surface area is 162 Å². The lowest BCUT2D eigenvalue weighted by molar-refractivity contribution is 0.539. The van der Waals surface area contributed by atoms with Crippen LogP contribution in [-0.2, 0) is 18.3 Å². The summed E-state index contributed by atoms with van der Waals surface area (Å²) in [6, 6.07) is 15.6. The van der Waals surface area contributed by atoms with E-state index in [0.717, 1.165) is 24.5 Å². The molecule has 0 spiro atoms. The molecule has 2 nitrogen and oxygen atoms in total. The van der Waals surface area contributed by atoms with E-state index in [2.05, 4.69) is 82.0 Å². The molecule has 3 aromatic rings. The van der Waals surface area contributed by atoms with Crippen molar-refractivity contribution in [2.75, 3.05) is 4.90 Å².